The Kier molecular flexibility index (Phi) is 15.1. The van der Waals surface area contributed by atoms with Gasteiger partial charge < -0.3 is 15.4 Å². The van der Waals surface area contributed by atoms with E-state index in [-0.39, 0.29) is 17.7 Å². The second-order valence-electron chi connectivity index (χ2n) is 13.7. The van der Waals surface area contributed by atoms with E-state index in [0.29, 0.717) is 58.4 Å². The third-order valence-electron chi connectivity index (χ3n) is 9.39. The molecule has 0 aliphatic heterocycles. The number of hydroxylamine groups is 2. The van der Waals surface area contributed by atoms with E-state index in [1.165, 1.54) is 18.4 Å². The van der Waals surface area contributed by atoms with Crippen LogP contribution in [0.2, 0.25) is 5.02 Å². The Morgan fingerprint density at radius 2 is 1.40 bits per heavy atom. The first-order valence-electron chi connectivity index (χ1n) is 19.6. The quantitative estimate of drug-likeness (QED) is 0.0812. The maximum Gasteiger partial charge on any atom is 0.435 e. The first-order valence-corrected chi connectivity index (χ1v) is 19.9. The number of pyridine rings is 1. The van der Waals surface area contributed by atoms with Crippen molar-refractivity contribution < 1.29 is 37.1 Å². The van der Waals surface area contributed by atoms with Gasteiger partial charge in [0.1, 0.15) is 5.75 Å². The monoisotopic (exact) mass is 878 g/mol. The zero-order chi connectivity index (χ0) is 44.9. The molecule has 0 saturated carbocycles. The number of alkyl halides is 3. The zero-order valence-corrected chi connectivity index (χ0v) is 35.1. The van der Waals surface area contributed by atoms with Gasteiger partial charge in [0.15, 0.2) is 5.69 Å². The number of anilines is 2. The third kappa shape index (κ3) is 12.4. The van der Waals surface area contributed by atoms with E-state index in [1.807, 2.05) is 41.1 Å². The minimum Gasteiger partial charge on any atom is -0.494 e. The van der Waals surface area contributed by atoms with Crippen LogP contribution >= 0.6 is 11.6 Å². The van der Waals surface area contributed by atoms with Crippen LogP contribution in [0, 0.1) is 0 Å². The molecular formula is C46H42ClF3N8O5. The van der Waals surface area contributed by atoms with Crippen molar-refractivity contribution in [1.82, 2.24) is 29.6 Å². The number of ether oxygens (including phenoxy) is 1. The molecule has 17 heteroatoms. The lowest BCUT2D eigenvalue weighted by Crippen LogP contribution is -2.25. The van der Waals surface area contributed by atoms with Gasteiger partial charge in [-0.2, -0.15) is 23.4 Å². The number of aryl methyl sites for hydroxylation is 1. The molecule has 2 N–H and O–H groups in total. The number of hydrogen-bond acceptors (Lipinski definition) is 8. The fourth-order valence-electron chi connectivity index (χ4n) is 5.94. The highest BCUT2D eigenvalue weighted by Gasteiger charge is 2.33. The number of amides is 3. The molecule has 0 spiro atoms. The third-order valence-corrected chi connectivity index (χ3v) is 9.65. The molecule has 0 aliphatic rings. The van der Waals surface area contributed by atoms with Crippen LogP contribution in [-0.2, 0) is 22.2 Å². The number of nitrogens with one attached hydrogen (secondary N) is 2. The van der Waals surface area contributed by atoms with E-state index in [1.54, 1.807) is 92.2 Å². The van der Waals surface area contributed by atoms with Gasteiger partial charge in [0.05, 0.1) is 30.8 Å². The molecule has 0 saturated heterocycles. The van der Waals surface area contributed by atoms with E-state index in [9.17, 15) is 27.6 Å². The Hall–Kier alpha value is -7.30. The molecule has 4 aromatic carbocycles. The molecule has 7 rings (SSSR count). The van der Waals surface area contributed by atoms with Crippen molar-refractivity contribution >= 4 is 40.7 Å². The second kappa shape index (κ2) is 21.0. The highest BCUT2D eigenvalue weighted by atomic mass is 35.5. The number of hydrogen-bond donors (Lipinski definition) is 2. The second-order valence-corrected chi connectivity index (χ2v) is 14.2. The standard InChI is InChI=1S/C29H31N5O4.C17H11ClF3N3O/c1-4-24-19-27(22-7-5-17-30-20-22)32-34(24)25-13-11-23(12-14-25)31-29(36)21-9-15-26(16-10-21)38-18-6-8-28(35)33(2)37-3;18-12-3-1-11(2-4-12)16(25)22-13-5-7-14(8-6-13)24-10-9-15(23-24)17(19,20)21/h5,7,9-17,19-20H,4,6,8,18H2,1-3H3,(H,31,36);1-10H,(H,22,25). The van der Waals surface area contributed by atoms with E-state index >= 15 is 0 Å². The number of carbonyl (C=O) groups excluding carboxylic acids is 3. The fourth-order valence-corrected chi connectivity index (χ4v) is 6.06. The van der Waals surface area contributed by atoms with Gasteiger partial charge in [-0.1, -0.05) is 18.5 Å². The van der Waals surface area contributed by atoms with Gasteiger partial charge in [-0.25, -0.2) is 14.4 Å². The molecule has 3 aromatic heterocycles. The number of halogens is 4. The lowest BCUT2D eigenvalue weighted by atomic mass is 10.2. The molecule has 3 amide bonds. The van der Waals surface area contributed by atoms with Gasteiger partial charge in [-0.15, -0.1) is 0 Å². The smallest absolute Gasteiger partial charge is 0.435 e. The summed E-state index contributed by atoms with van der Waals surface area (Å²) in [4.78, 5) is 45.6. The van der Waals surface area contributed by atoms with Crippen molar-refractivity contribution in [2.24, 2.45) is 0 Å². The molecule has 0 radical (unpaired) electrons. The summed E-state index contributed by atoms with van der Waals surface area (Å²) in [6, 6.07) is 34.0. The van der Waals surface area contributed by atoms with Gasteiger partial charge in [0.2, 0.25) is 5.91 Å². The lowest BCUT2D eigenvalue weighted by Gasteiger charge is -2.13. The van der Waals surface area contributed by atoms with Gasteiger partial charge in [0.25, 0.3) is 11.8 Å². The summed E-state index contributed by atoms with van der Waals surface area (Å²) in [5.74, 6) is -0.0105. The summed E-state index contributed by atoms with van der Waals surface area (Å²) in [6.45, 7) is 2.48. The molecule has 0 bridgehead atoms. The van der Waals surface area contributed by atoms with Crippen LogP contribution in [0.25, 0.3) is 22.6 Å². The van der Waals surface area contributed by atoms with Crippen molar-refractivity contribution in [2.45, 2.75) is 32.4 Å². The molecule has 0 aliphatic carbocycles. The molecule has 0 fully saturated rings. The van der Waals surface area contributed by atoms with Crippen molar-refractivity contribution in [3.63, 3.8) is 0 Å². The molecule has 3 heterocycles. The van der Waals surface area contributed by atoms with Crippen LogP contribution in [0.1, 0.15) is 51.9 Å². The molecule has 0 unspecified atom stereocenters. The average Bonchev–Trinajstić information content (AvgIpc) is 3.98. The van der Waals surface area contributed by atoms with Crippen LogP contribution in [0.5, 0.6) is 5.75 Å². The molecule has 324 valence electrons. The Labute approximate surface area is 366 Å². The Morgan fingerprint density at radius 3 is 1.94 bits per heavy atom. The van der Waals surface area contributed by atoms with Gasteiger partial charge in [-0.3, -0.25) is 24.2 Å². The molecule has 63 heavy (non-hydrogen) atoms. The normalized spacial score (nSPS) is 11.0. The number of nitrogens with zero attached hydrogens (tertiary/aromatic N) is 6. The van der Waals surface area contributed by atoms with E-state index in [0.717, 1.165) is 39.8 Å². The molecular weight excluding hydrogens is 837 g/mol. The summed E-state index contributed by atoms with van der Waals surface area (Å²) in [7, 11) is 3.02. The molecule has 13 nitrogen and oxygen atoms in total. The van der Waals surface area contributed by atoms with Crippen molar-refractivity contribution in [3.05, 3.63) is 167 Å². The summed E-state index contributed by atoms with van der Waals surface area (Å²) < 4.78 is 46.4. The summed E-state index contributed by atoms with van der Waals surface area (Å²) in [5.41, 5.74) is 5.44. The topological polar surface area (TPSA) is 146 Å². The average molecular weight is 879 g/mol. The Bertz CT molecular complexity index is 2600. The highest BCUT2D eigenvalue weighted by Crippen LogP contribution is 2.28. The Morgan fingerprint density at radius 1 is 0.794 bits per heavy atom. The van der Waals surface area contributed by atoms with E-state index in [2.05, 4.69) is 33.7 Å². The molecule has 7 aromatic rings. The van der Waals surface area contributed by atoms with Crippen molar-refractivity contribution in [1.29, 1.82) is 0 Å². The summed E-state index contributed by atoms with van der Waals surface area (Å²) >= 11 is 5.77. The number of carbonyl (C=O) groups is 3. The first-order chi connectivity index (χ1) is 30.3. The summed E-state index contributed by atoms with van der Waals surface area (Å²) in [5, 5.41) is 15.6. The van der Waals surface area contributed by atoms with E-state index < -0.39 is 11.9 Å². The Balaban J connectivity index is 0.000000228. The van der Waals surface area contributed by atoms with Crippen LogP contribution in [0.3, 0.4) is 0 Å². The fraction of sp³-hybridized carbons (Fsp3) is 0.174. The minimum absolute atomic E-state index is 0.110. The molecule has 0 atom stereocenters. The van der Waals surface area contributed by atoms with Crippen LogP contribution in [0.15, 0.2) is 140 Å². The summed E-state index contributed by atoms with van der Waals surface area (Å²) in [6.07, 6.45) is 2.00. The maximum absolute atomic E-state index is 12.7. The van der Waals surface area contributed by atoms with E-state index in [4.69, 9.17) is 26.3 Å². The highest BCUT2D eigenvalue weighted by molar-refractivity contribution is 6.30. The minimum atomic E-state index is -4.49. The zero-order valence-electron chi connectivity index (χ0n) is 34.3. The van der Waals surface area contributed by atoms with Gasteiger partial charge in [0, 0.05) is 70.8 Å². The van der Waals surface area contributed by atoms with Gasteiger partial charge in [-0.05, 0) is 134 Å². The van der Waals surface area contributed by atoms with Crippen LogP contribution in [0.4, 0.5) is 24.5 Å². The van der Waals surface area contributed by atoms with Crippen molar-refractivity contribution in [3.8, 4) is 28.4 Å². The first kappa shape index (κ1) is 45.2. The maximum atomic E-state index is 12.7. The SMILES string of the molecule is CCc1cc(-c2cccnc2)nn1-c1ccc(NC(=O)c2ccc(OCCCC(=O)N(C)OC)cc2)cc1.O=C(Nc1ccc(-n2ccc(C(F)(F)F)n2)cc1)c1ccc(Cl)cc1. The van der Waals surface area contributed by atoms with Crippen LogP contribution < -0.4 is 15.4 Å². The van der Waals surface area contributed by atoms with Gasteiger partial charge >= 0.3 is 6.18 Å². The van der Waals surface area contributed by atoms with Crippen LogP contribution in [-0.4, -0.2) is 68.1 Å². The largest absolute Gasteiger partial charge is 0.494 e. The number of rotatable bonds is 14. The number of benzene rings is 4. The van der Waals surface area contributed by atoms with Crippen molar-refractivity contribution in [2.75, 3.05) is 31.4 Å². The lowest BCUT2D eigenvalue weighted by molar-refractivity contribution is -0.168. The number of aromatic nitrogens is 5. The predicted molar refractivity (Wildman–Crippen MR) is 233 cm³/mol. The predicted octanol–water partition coefficient (Wildman–Crippen LogP) is 9.72.